The number of nitrogens with one attached hydrogen (secondary N) is 1. The molecule has 4 aliphatic carbocycles. The van der Waals surface area contributed by atoms with Crippen molar-refractivity contribution in [1.82, 2.24) is 10.4 Å². The van der Waals surface area contributed by atoms with Crippen LogP contribution in [0.15, 0.2) is 23.1 Å². The van der Waals surface area contributed by atoms with E-state index in [1.807, 2.05) is 25.1 Å². The Balaban J connectivity index is 1.30. The number of thiocarbonyl (C=S) groups is 1. The van der Waals surface area contributed by atoms with Crippen LogP contribution >= 0.6 is 24.0 Å². The fourth-order valence-electron chi connectivity index (χ4n) is 6.50. The Kier molecular flexibility index (Phi) is 6.40. The molecule has 182 valence electrons. The van der Waals surface area contributed by atoms with Crippen molar-refractivity contribution >= 4 is 46.2 Å². The van der Waals surface area contributed by atoms with Crippen LogP contribution in [0, 0.1) is 23.2 Å². The molecule has 4 saturated carbocycles. The molecule has 1 atom stereocenters. The minimum absolute atomic E-state index is 0.0302. The molecule has 6 nitrogen and oxygen atoms in total. The van der Waals surface area contributed by atoms with Crippen molar-refractivity contribution in [2.45, 2.75) is 64.9 Å². The van der Waals surface area contributed by atoms with Crippen molar-refractivity contribution in [2.24, 2.45) is 23.2 Å². The lowest BCUT2D eigenvalue weighted by atomic mass is 9.49. The predicted molar refractivity (Wildman–Crippen MR) is 137 cm³/mol. The highest BCUT2D eigenvalue weighted by atomic mass is 32.2. The molecule has 1 N–H and O–H groups in total. The molecule has 4 bridgehead atoms. The van der Waals surface area contributed by atoms with Crippen LogP contribution in [0.2, 0.25) is 0 Å². The largest absolute Gasteiger partial charge is 0.493 e. The maximum Gasteiger partial charge on any atom is 0.285 e. The third-order valence-electron chi connectivity index (χ3n) is 7.92. The summed E-state index contributed by atoms with van der Waals surface area (Å²) >= 11 is 6.68. The van der Waals surface area contributed by atoms with Crippen LogP contribution < -0.4 is 14.9 Å². The third kappa shape index (κ3) is 4.35. The van der Waals surface area contributed by atoms with Crippen molar-refractivity contribution in [3.05, 3.63) is 28.7 Å². The third-order valence-corrected chi connectivity index (χ3v) is 9.22. The Labute approximate surface area is 210 Å². The van der Waals surface area contributed by atoms with Gasteiger partial charge in [-0.3, -0.25) is 15.0 Å². The van der Waals surface area contributed by atoms with Gasteiger partial charge in [0, 0.05) is 0 Å². The van der Waals surface area contributed by atoms with E-state index in [0.29, 0.717) is 38.5 Å². The fraction of sp³-hybridized carbons (Fsp3) is 0.577. The molecular weight excluding hydrogens is 468 g/mol. The number of amides is 2. The van der Waals surface area contributed by atoms with Gasteiger partial charge in [0.2, 0.25) is 5.91 Å². The first-order chi connectivity index (χ1) is 16.3. The van der Waals surface area contributed by atoms with Gasteiger partial charge < -0.3 is 9.47 Å². The first-order valence-electron chi connectivity index (χ1n) is 12.2. The molecule has 0 unspecified atom stereocenters. The summed E-state index contributed by atoms with van der Waals surface area (Å²) < 4.78 is 11.8. The molecule has 5 fully saturated rings. The number of carbonyl (C=O) groups excluding carboxylic acids is 2. The Morgan fingerprint density at radius 2 is 1.88 bits per heavy atom. The van der Waals surface area contributed by atoms with Crippen LogP contribution in [0.1, 0.15) is 64.4 Å². The van der Waals surface area contributed by atoms with Crippen molar-refractivity contribution in [3.63, 3.8) is 0 Å². The van der Waals surface area contributed by atoms with Gasteiger partial charge in [-0.2, -0.15) is 5.01 Å². The lowest BCUT2D eigenvalue weighted by molar-refractivity contribution is -0.152. The van der Waals surface area contributed by atoms with E-state index in [1.54, 1.807) is 13.2 Å². The summed E-state index contributed by atoms with van der Waals surface area (Å²) in [4.78, 5) is 27.1. The maximum atomic E-state index is 13.4. The highest BCUT2D eigenvalue weighted by molar-refractivity contribution is 8.26. The van der Waals surface area contributed by atoms with Crippen LogP contribution in [-0.4, -0.2) is 34.4 Å². The van der Waals surface area contributed by atoms with Crippen molar-refractivity contribution < 1.29 is 19.1 Å². The van der Waals surface area contributed by atoms with Gasteiger partial charge in [-0.05, 0) is 106 Å². The zero-order chi connectivity index (χ0) is 24.0. The normalized spacial score (nSPS) is 31.8. The van der Waals surface area contributed by atoms with Gasteiger partial charge in [-0.25, -0.2) is 0 Å². The Morgan fingerprint density at radius 3 is 2.47 bits per heavy atom. The Bertz CT molecular complexity index is 1020. The van der Waals surface area contributed by atoms with Gasteiger partial charge in [-0.15, -0.1) is 0 Å². The number of hydrogen-bond donors (Lipinski definition) is 1. The van der Waals surface area contributed by atoms with Gasteiger partial charge in [-0.1, -0.05) is 24.8 Å². The van der Waals surface area contributed by atoms with Crippen LogP contribution in [0.3, 0.4) is 0 Å². The second-order valence-corrected chi connectivity index (χ2v) is 12.1. The summed E-state index contributed by atoms with van der Waals surface area (Å²) in [5, 5.41) is 1.27. The summed E-state index contributed by atoms with van der Waals surface area (Å²) in [6, 6.07) is 5.59. The molecule has 34 heavy (non-hydrogen) atoms. The van der Waals surface area contributed by atoms with Crippen LogP contribution in [0.4, 0.5) is 0 Å². The number of hydrogen-bond acceptors (Lipinski definition) is 6. The Morgan fingerprint density at radius 1 is 1.24 bits per heavy atom. The smallest absolute Gasteiger partial charge is 0.285 e. The molecule has 1 aliphatic heterocycles. The topological polar surface area (TPSA) is 67.9 Å². The van der Waals surface area contributed by atoms with E-state index in [0.717, 1.165) is 31.2 Å². The standard InChI is InChI=1S/C26H32N2O4S2/c1-4-15(2)32-20-6-5-16(10-21(20)31-3)11-22-23(29)28(25(33)34-22)27-24(30)26-12-17-7-18(13-26)9-19(8-17)14-26/h5-6,10-11,15,17-19H,4,7-9,12-14H2,1-3H3,(H,27,30)/b22-11-/t15-,17?,18?,19?,26?/m1/s1. The first kappa shape index (κ1) is 23.7. The zero-order valence-corrected chi connectivity index (χ0v) is 21.6. The van der Waals surface area contributed by atoms with Crippen LogP contribution in [0.5, 0.6) is 11.5 Å². The highest BCUT2D eigenvalue weighted by Crippen LogP contribution is 2.60. The van der Waals surface area contributed by atoms with E-state index in [2.05, 4.69) is 12.3 Å². The van der Waals surface area contributed by atoms with E-state index in [-0.39, 0.29) is 23.3 Å². The summed E-state index contributed by atoms with van der Waals surface area (Å²) in [6.45, 7) is 4.08. The summed E-state index contributed by atoms with van der Waals surface area (Å²) in [5.41, 5.74) is 3.38. The maximum absolute atomic E-state index is 13.4. The number of benzene rings is 1. The molecule has 2 amide bonds. The minimum Gasteiger partial charge on any atom is -0.493 e. The number of thioether (sulfide) groups is 1. The molecular formula is C26H32N2O4S2. The van der Waals surface area contributed by atoms with Crippen LogP contribution in [-0.2, 0) is 9.59 Å². The number of carbonyl (C=O) groups is 2. The van der Waals surface area contributed by atoms with Gasteiger partial charge in [0.25, 0.3) is 5.91 Å². The van der Waals surface area contributed by atoms with Gasteiger partial charge >= 0.3 is 0 Å². The zero-order valence-electron chi connectivity index (χ0n) is 20.0. The molecule has 6 rings (SSSR count). The second kappa shape index (κ2) is 9.19. The molecule has 8 heteroatoms. The average molecular weight is 501 g/mol. The summed E-state index contributed by atoms with van der Waals surface area (Å²) in [5.74, 6) is 2.94. The van der Waals surface area contributed by atoms with Crippen molar-refractivity contribution in [1.29, 1.82) is 0 Å². The predicted octanol–water partition coefficient (Wildman–Crippen LogP) is 5.32. The van der Waals surface area contributed by atoms with E-state index >= 15 is 0 Å². The lowest BCUT2D eigenvalue weighted by Crippen LogP contribution is -2.57. The summed E-state index contributed by atoms with van der Waals surface area (Å²) in [7, 11) is 1.60. The monoisotopic (exact) mass is 500 g/mol. The van der Waals surface area contributed by atoms with E-state index in [9.17, 15) is 9.59 Å². The van der Waals surface area contributed by atoms with Gasteiger partial charge in [0.15, 0.2) is 15.8 Å². The van der Waals surface area contributed by atoms with Gasteiger partial charge in [0.1, 0.15) is 0 Å². The number of methoxy groups -OCH3 is 1. The lowest BCUT2D eigenvalue weighted by Gasteiger charge is -2.55. The molecule has 0 spiro atoms. The average Bonchev–Trinajstić information content (AvgIpc) is 3.06. The molecule has 1 saturated heterocycles. The SMILES string of the molecule is CC[C@@H](C)Oc1ccc(/C=C2\SC(=S)N(NC(=O)C34CC5CC(CC(C5)C3)C4)C2=O)cc1OC. The summed E-state index contributed by atoms with van der Waals surface area (Å²) in [6.07, 6.45) is 9.38. The van der Waals surface area contributed by atoms with Crippen molar-refractivity contribution in [3.8, 4) is 11.5 Å². The minimum atomic E-state index is -0.333. The number of rotatable bonds is 7. The molecule has 1 aromatic rings. The second-order valence-electron chi connectivity index (χ2n) is 10.4. The van der Waals surface area contributed by atoms with E-state index < -0.39 is 0 Å². The highest BCUT2D eigenvalue weighted by Gasteiger charge is 2.55. The number of nitrogens with zero attached hydrogens (tertiary/aromatic N) is 1. The quantitative estimate of drug-likeness (QED) is 0.404. The van der Waals surface area contributed by atoms with E-state index in [4.69, 9.17) is 21.7 Å². The van der Waals surface area contributed by atoms with Gasteiger partial charge in [0.05, 0.1) is 23.5 Å². The van der Waals surface area contributed by atoms with Crippen LogP contribution in [0.25, 0.3) is 6.08 Å². The van der Waals surface area contributed by atoms with E-state index in [1.165, 1.54) is 36.0 Å². The molecule has 0 aromatic heterocycles. The van der Waals surface area contributed by atoms with Crippen molar-refractivity contribution in [2.75, 3.05) is 7.11 Å². The molecule has 5 aliphatic rings. The Hall–Kier alpha value is -2.06. The fourth-order valence-corrected chi connectivity index (χ4v) is 7.68. The first-order valence-corrected chi connectivity index (χ1v) is 13.5. The molecule has 1 heterocycles. The molecule has 0 radical (unpaired) electrons. The number of hydrazine groups is 1. The molecule has 1 aromatic carbocycles. The number of ether oxygens (including phenoxy) is 2.